The Morgan fingerprint density at radius 3 is 2.64 bits per heavy atom. The summed E-state index contributed by atoms with van der Waals surface area (Å²) in [4.78, 5) is 22.7. The van der Waals surface area contributed by atoms with Gasteiger partial charge in [-0.1, -0.05) is 0 Å². The predicted molar refractivity (Wildman–Crippen MR) is 48.2 cm³/mol. The number of esters is 1. The average molecular weight is 196 g/mol. The molecular formula is C9H12N2O3. The van der Waals surface area contributed by atoms with E-state index in [1.54, 1.807) is 0 Å². The number of ether oxygens (including phenoxy) is 1. The second-order valence-electron chi connectivity index (χ2n) is 3.28. The molecule has 2 N–H and O–H groups in total. The highest BCUT2D eigenvalue weighted by Gasteiger charge is 2.27. The molecule has 0 radical (unpaired) electrons. The Kier molecular flexibility index (Phi) is 2.39. The fourth-order valence-corrected chi connectivity index (χ4v) is 1.58. The van der Waals surface area contributed by atoms with Crippen LogP contribution in [0.15, 0.2) is 11.3 Å². The van der Waals surface area contributed by atoms with Gasteiger partial charge in [0.2, 0.25) is 0 Å². The lowest BCUT2D eigenvalue weighted by molar-refractivity contribution is -0.135. The molecule has 2 aliphatic heterocycles. The summed E-state index contributed by atoms with van der Waals surface area (Å²) in [6.07, 6.45) is 1.39. The molecule has 76 valence electrons. The van der Waals surface area contributed by atoms with Crippen LogP contribution in [-0.2, 0) is 14.3 Å². The fraction of sp³-hybridized carbons (Fsp3) is 0.556. The van der Waals surface area contributed by atoms with E-state index in [0.717, 1.165) is 6.42 Å². The van der Waals surface area contributed by atoms with Gasteiger partial charge in [-0.15, -0.1) is 0 Å². The van der Waals surface area contributed by atoms with Crippen LogP contribution in [0.3, 0.4) is 0 Å². The summed E-state index contributed by atoms with van der Waals surface area (Å²) in [6.45, 7) is 1.75. The van der Waals surface area contributed by atoms with Gasteiger partial charge in [0.25, 0.3) is 5.91 Å². The monoisotopic (exact) mass is 196 g/mol. The Morgan fingerprint density at radius 2 is 1.93 bits per heavy atom. The molecule has 0 aromatic heterocycles. The molecule has 0 atom stereocenters. The molecule has 0 aromatic rings. The lowest BCUT2D eigenvalue weighted by Gasteiger charge is -2.06. The third-order valence-electron chi connectivity index (χ3n) is 2.30. The van der Waals surface area contributed by atoms with Gasteiger partial charge in [0.1, 0.15) is 5.70 Å². The summed E-state index contributed by atoms with van der Waals surface area (Å²) in [5.74, 6) is -0.569. The molecule has 2 fully saturated rings. The maximum atomic E-state index is 11.5. The van der Waals surface area contributed by atoms with Crippen LogP contribution in [0.4, 0.5) is 0 Å². The van der Waals surface area contributed by atoms with Crippen molar-refractivity contribution in [2.45, 2.75) is 12.8 Å². The van der Waals surface area contributed by atoms with Crippen molar-refractivity contribution < 1.29 is 14.3 Å². The Bertz CT molecular complexity index is 309. The van der Waals surface area contributed by atoms with Crippen LogP contribution in [0.25, 0.3) is 0 Å². The molecule has 0 spiro atoms. The van der Waals surface area contributed by atoms with E-state index in [1.165, 1.54) is 0 Å². The predicted octanol–water partition coefficient (Wildman–Crippen LogP) is -0.703. The van der Waals surface area contributed by atoms with Crippen molar-refractivity contribution in [3.8, 4) is 0 Å². The van der Waals surface area contributed by atoms with Gasteiger partial charge in [0, 0.05) is 19.5 Å². The molecule has 5 nitrogen and oxygen atoms in total. The fourth-order valence-electron chi connectivity index (χ4n) is 1.58. The highest BCUT2D eigenvalue weighted by atomic mass is 16.5. The van der Waals surface area contributed by atoms with Gasteiger partial charge >= 0.3 is 5.97 Å². The maximum Gasteiger partial charge on any atom is 0.336 e. The molecule has 1 amide bonds. The van der Waals surface area contributed by atoms with Gasteiger partial charge in [0.05, 0.1) is 12.2 Å². The molecule has 0 aliphatic carbocycles. The Hall–Kier alpha value is -1.52. The Morgan fingerprint density at radius 1 is 1.14 bits per heavy atom. The van der Waals surface area contributed by atoms with E-state index in [9.17, 15) is 9.59 Å². The molecular weight excluding hydrogens is 184 g/mol. The third kappa shape index (κ3) is 1.57. The molecule has 2 saturated heterocycles. The quantitative estimate of drug-likeness (QED) is 0.397. The third-order valence-corrected chi connectivity index (χ3v) is 2.30. The van der Waals surface area contributed by atoms with Crippen LogP contribution in [0, 0.1) is 0 Å². The zero-order valence-corrected chi connectivity index (χ0v) is 7.76. The van der Waals surface area contributed by atoms with Gasteiger partial charge in [-0.2, -0.15) is 0 Å². The van der Waals surface area contributed by atoms with E-state index in [0.29, 0.717) is 37.4 Å². The molecule has 0 unspecified atom stereocenters. The number of cyclic esters (lactones) is 1. The molecule has 2 rings (SSSR count). The summed E-state index contributed by atoms with van der Waals surface area (Å²) >= 11 is 0. The first kappa shape index (κ1) is 9.05. The second kappa shape index (κ2) is 3.69. The second-order valence-corrected chi connectivity index (χ2v) is 3.28. The number of carbonyl (C=O) groups is 2. The van der Waals surface area contributed by atoms with Crippen LogP contribution >= 0.6 is 0 Å². The van der Waals surface area contributed by atoms with Crippen LogP contribution in [-0.4, -0.2) is 31.6 Å². The molecule has 0 bridgehead atoms. The Labute approximate surface area is 81.5 Å². The van der Waals surface area contributed by atoms with Gasteiger partial charge < -0.3 is 15.4 Å². The van der Waals surface area contributed by atoms with Crippen molar-refractivity contribution in [2.24, 2.45) is 0 Å². The summed E-state index contributed by atoms with van der Waals surface area (Å²) < 4.78 is 4.79. The number of hydrogen-bond acceptors (Lipinski definition) is 4. The number of carbonyl (C=O) groups excluding carboxylic acids is 2. The first-order valence-corrected chi connectivity index (χ1v) is 4.71. The van der Waals surface area contributed by atoms with Crippen LogP contribution in [0.5, 0.6) is 0 Å². The van der Waals surface area contributed by atoms with Crippen LogP contribution in [0.2, 0.25) is 0 Å². The first-order valence-electron chi connectivity index (χ1n) is 4.71. The van der Waals surface area contributed by atoms with Crippen molar-refractivity contribution in [1.29, 1.82) is 0 Å². The largest absolute Gasteiger partial charge is 0.462 e. The first-order chi connectivity index (χ1) is 6.79. The smallest absolute Gasteiger partial charge is 0.336 e. The van der Waals surface area contributed by atoms with Crippen molar-refractivity contribution in [2.75, 3.05) is 19.7 Å². The van der Waals surface area contributed by atoms with Gasteiger partial charge in [0.15, 0.2) is 0 Å². The zero-order valence-electron chi connectivity index (χ0n) is 7.76. The normalized spacial score (nSPS) is 27.7. The van der Waals surface area contributed by atoms with E-state index in [4.69, 9.17) is 4.74 Å². The van der Waals surface area contributed by atoms with Crippen molar-refractivity contribution >= 4 is 11.9 Å². The molecule has 2 aliphatic rings. The zero-order chi connectivity index (χ0) is 9.97. The molecule has 5 heteroatoms. The van der Waals surface area contributed by atoms with E-state index >= 15 is 0 Å². The highest BCUT2D eigenvalue weighted by Crippen LogP contribution is 2.17. The average Bonchev–Trinajstić information content (AvgIpc) is 2.46. The number of amides is 1. The van der Waals surface area contributed by atoms with Gasteiger partial charge in [-0.05, 0) is 6.42 Å². The number of nitrogens with one attached hydrogen (secondary N) is 2. The van der Waals surface area contributed by atoms with Crippen molar-refractivity contribution in [3.63, 3.8) is 0 Å². The van der Waals surface area contributed by atoms with Gasteiger partial charge in [-0.3, -0.25) is 4.79 Å². The molecule has 2 heterocycles. The maximum absolute atomic E-state index is 11.5. The SMILES string of the molecule is O=C1OCC/C1=C1/NCCCNC1=O. The molecule has 0 saturated carbocycles. The van der Waals surface area contributed by atoms with E-state index < -0.39 is 0 Å². The van der Waals surface area contributed by atoms with Crippen LogP contribution in [0.1, 0.15) is 12.8 Å². The molecule has 14 heavy (non-hydrogen) atoms. The minimum Gasteiger partial charge on any atom is -0.462 e. The minimum absolute atomic E-state index is 0.198. The topological polar surface area (TPSA) is 67.4 Å². The van der Waals surface area contributed by atoms with Gasteiger partial charge in [-0.25, -0.2) is 4.79 Å². The summed E-state index contributed by atoms with van der Waals surface area (Å²) in [6, 6.07) is 0. The number of rotatable bonds is 0. The Balaban J connectivity index is 2.28. The van der Waals surface area contributed by atoms with E-state index in [1.807, 2.05) is 0 Å². The van der Waals surface area contributed by atoms with Crippen molar-refractivity contribution in [1.82, 2.24) is 10.6 Å². The summed E-state index contributed by atoms with van der Waals surface area (Å²) in [5, 5.41) is 5.70. The lowest BCUT2D eigenvalue weighted by atomic mass is 10.1. The highest BCUT2D eigenvalue weighted by molar-refractivity contribution is 6.03. The number of hydrogen-bond donors (Lipinski definition) is 2. The van der Waals surface area contributed by atoms with E-state index in [-0.39, 0.29) is 11.9 Å². The van der Waals surface area contributed by atoms with E-state index in [2.05, 4.69) is 10.6 Å². The van der Waals surface area contributed by atoms with Crippen LogP contribution < -0.4 is 10.6 Å². The van der Waals surface area contributed by atoms with Crippen molar-refractivity contribution in [3.05, 3.63) is 11.3 Å². The molecule has 0 aromatic carbocycles. The minimum atomic E-state index is -0.371. The lowest BCUT2D eigenvalue weighted by Crippen LogP contribution is -2.29. The summed E-state index contributed by atoms with van der Waals surface area (Å²) in [5.41, 5.74) is 0.870. The standard InChI is InChI=1S/C9H12N2O3/c12-8-7(10-3-1-4-11-8)6-2-5-14-9(6)13/h10H,1-5H2,(H,11,12)/b7-6-. The summed E-state index contributed by atoms with van der Waals surface area (Å²) in [7, 11) is 0.